The van der Waals surface area contributed by atoms with Gasteiger partial charge in [-0.15, -0.1) is 0 Å². The molecule has 0 bridgehead atoms. The van der Waals surface area contributed by atoms with Gasteiger partial charge in [0.05, 0.1) is 11.8 Å². The summed E-state index contributed by atoms with van der Waals surface area (Å²) in [5.74, 6) is 1.51. The number of hydrogen-bond acceptors (Lipinski definition) is 2. The van der Waals surface area contributed by atoms with Crippen LogP contribution in [0.1, 0.15) is 44.7 Å². The van der Waals surface area contributed by atoms with Gasteiger partial charge in [-0.1, -0.05) is 70.2 Å². The van der Waals surface area contributed by atoms with Crippen LogP contribution >= 0.6 is 0 Å². The third-order valence-corrected chi connectivity index (χ3v) is 4.11. The van der Waals surface area contributed by atoms with Gasteiger partial charge in [0.1, 0.15) is 5.76 Å². The normalized spacial score (nSPS) is 10.0. The van der Waals surface area contributed by atoms with E-state index in [4.69, 9.17) is 4.42 Å². The Morgan fingerprint density at radius 2 is 1.56 bits per heavy atom. The number of rotatable bonds is 2. The summed E-state index contributed by atoms with van der Waals surface area (Å²) in [7, 11) is 0. The van der Waals surface area contributed by atoms with Crippen LogP contribution in [0.25, 0.3) is 22.2 Å². The average Bonchev–Trinajstić information content (AvgIpc) is 3.25. The molecule has 0 fully saturated rings. The summed E-state index contributed by atoms with van der Waals surface area (Å²) in [6.07, 6.45) is 3.59. The van der Waals surface area contributed by atoms with Crippen LogP contribution in [0.2, 0.25) is 0 Å². The lowest BCUT2D eigenvalue weighted by atomic mass is 10.0. The Kier molecular flexibility index (Phi) is 7.81. The largest absolute Gasteiger partial charge is 0.464 e. The highest BCUT2D eigenvalue weighted by atomic mass is 16.3. The zero-order valence-electron chi connectivity index (χ0n) is 16.9. The molecule has 0 saturated heterocycles. The minimum absolute atomic E-state index is 0.584. The number of furan rings is 1. The molecule has 0 unspecified atom stereocenters. The number of nitrogens with zero attached hydrogens (tertiary/aromatic N) is 1. The number of pyridine rings is 1. The van der Waals surface area contributed by atoms with Crippen LogP contribution in [0.4, 0.5) is 0 Å². The Hall–Kier alpha value is -2.87. The molecule has 0 atom stereocenters. The highest BCUT2D eigenvalue weighted by Gasteiger charge is 2.02. The number of benzene rings is 2. The van der Waals surface area contributed by atoms with Crippen molar-refractivity contribution in [2.45, 2.75) is 40.5 Å². The number of para-hydroxylation sites is 1. The summed E-state index contributed by atoms with van der Waals surface area (Å²) in [4.78, 5) is 4.28. The van der Waals surface area contributed by atoms with Crippen LogP contribution in [0.15, 0.2) is 83.6 Å². The van der Waals surface area contributed by atoms with Crippen molar-refractivity contribution >= 4 is 10.9 Å². The van der Waals surface area contributed by atoms with Crippen molar-refractivity contribution in [2.75, 3.05) is 0 Å². The Bertz CT molecular complexity index is 922. The van der Waals surface area contributed by atoms with Gasteiger partial charge in [-0.2, -0.15) is 0 Å². The minimum Gasteiger partial charge on any atom is -0.464 e. The number of hydrogen-bond donors (Lipinski definition) is 0. The van der Waals surface area contributed by atoms with E-state index in [2.05, 4.69) is 62.2 Å². The smallest absolute Gasteiger partial charge is 0.133 e. The fraction of sp³-hybridized carbons (Fsp3) is 0.240. The molecule has 0 saturated carbocycles. The molecule has 0 N–H and O–H groups in total. The fourth-order valence-corrected chi connectivity index (χ4v) is 2.66. The first kappa shape index (κ1) is 20.4. The summed E-state index contributed by atoms with van der Waals surface area (Å²) in [5.41, 5.74) is 4.78. The molecule has 0 amide bonds. The van der Waals surface area contributed by atoms with Gasteiger partial charge in [0.25, 0.3) is 0 Å². The topological polar surface area (TPSA) is 26.0 Å². The van der Waals surface area contributed by atoms with E-state index in [-0.39, 0.29) is 0 Å². The molecule has 0 aliphatic carbocycles. The van der Waals surface area contributed by atoms with E-state index in [1.54, 1.807) is 6.26 Å². The molecule has 2 nitrogen and oxygen atoms in total. The lowest BCUT2D eigenvalue weighted by Gasteiger charge is -2.05. The number of fused-ring (bicyclic) bond motifs is 1. The van der Waals surface area contributed by atoms with Crippen molar-refractivity contribution in [1.29, 1.82) is 0 Å². The molecule has 2 heterocycles. The lowest BCUT2D eigenvalue weighted by Crippen LogP contribution is -1.85. The number of aryl methyl sites for hydroxylation is 1. The summed E-state index contributed by atoms with van der Waals surface area (Å²) < 4.78 is 5.32. The molecule has 140 valence electrons. The summed E-state index contributed by atoms with van der Waals surface area (Å²) in [6, 6.07) is 22.7. The molecule has 0 radical (unpaired) electrons. The van der Waals surface area contributed by atoms with Crippen molar-refractivity contribution < 1.29 is 4.42 Å². The van der Waals surface area contributed by atoms with E-state index in [9.17, 15) is 0 Å². The Balaban J connectivity index is 0.000000181. The molecule has 4 aromatic rings. The maximum Gasteiger partial charge on any atom is 0.133 e. The van der Waals surface area contributed by atoms with E-state index >= 15 is 0 Å². The molecule has 4 rings (SSSR count). The monoisotopic (exact) mass is 359 g/mol. The average molecular weight is 360 g/mol. The first-order valence-electron chi connectivity index (χ1n) is 9.59. The molecular formula is C25H29NO. The maximum atomic E-state index is 5.32. The zero-order valence-corrected chi connectivity index (χ0v) is 16.9. The van der Waals surface area contributed by atoms with E-state index in [0.717, 1.165) is 16.8 Å². The van der Waals surface area contributed by atoms with Gasteiger partial charge < -0.3 is 4.42 Å². The molecule has 2 aromatic carbocycles. The van der Waals surface area contributed by atoms with Gasteiger partial charge in [0, 0.05) is 17.1 Å². The van der Waals surface area contributed by atoms with E-state index < -0.39 is 0 Å². The molecule has 0 aliphatic heterocycles. The molecule has 0 aliphatic rings. The Morgan fingerprint density at radius 1 is 0.852 bits per heavy atom. The van der Waals surface area contributed by atoms with Gasteiger partial charge >= 0.3 is 0 Å². The van der Waals surface area contributed by atoms with Crippen LogP contribution in [0.5, 0.6) is 0 Å². The summed E-state index contributed by atoms with van der Waals surface area (Å²) >= 11 is 0. The predicted octanol–water partition coefficient (Wildman–Crippen LogP) is 7.64. The van der Waals surface area contributed by atoms with Gasteiger partial charge in [0.15, 0.2) is 0 Å². The second-order valence-corrected chi connectivity index (χ2v) is 6.46. The SMILES string of the molecule is CC.CC(C)c1ccc(-c2ccco2)cc1.Cc1cnc2ccccc2c1. The van der Waals surface area contributed by atoms with Crippen LogP contribution in [-0.2, 0) is 0 Å². The zero-order chi connectivity index (χ0) is 19.6. The predicted molar refractivity (Wildman–Crippen MR) is 116 cm³/mol. The van der Waals surface area contributed by atoms with E-state index in [0.29, 0.717) is 5.92 Å². The van der Waals surface area contributed by atoms with Crippen molar-refractivity contribution in [2.24, 2.45) is 0 Å². The standard InChI is InChI=1S/C13H14O.C10H9N.C2H6/c1-10(2)11-5-7-12(8-6-11)13-4-3-9-14-13;1-8-6-9-4-2-3-5-10(9)11-7-8;1-2/h3-10H,1-2H3;2-7H,1H3;1-2H3. The maximum absolute atomic E-state index is 5.32. The van der Waals surface area contributed by atoms with Crippen molar-refractivity contribution in [3.05, 3.63) is 90.3 Å². The highest BCUT2D eigenvalue weighted by Crippen LogP contribution is 2.22. The van der Waals surface area contributed by atoms with E-state index in [1.165, 1.54) is 16.5 Å². The molecule has 2 heteroatoms. The van der Waals surface area contributed by atoms with Crippen LogP contribution in [0.3, 0.4) is 0 Å². The fourth-order valence-electron chi connectivity index (χ4n) is 2.66. The third-order valence-electron chi connectivity index (χ3n) is 4.11. The first-order chi connectivity index (χ1) is 13.1. The Labute approximate surface area is 162 Å². The minimum atomic E-state index is 0.584. The lowest BCUT2D eigenvalue weighted by molar-refractivity contribution is 0.582. The molecule has 27 heavy (non-hydrogen) atoms. The van der Waals surface area contributed by atoms with Gasteiger partial charge in [-0.05, 0) is 48.2 Å². The van der Waals surface area contributed by atoms with Crippen molar-refractivity contribution in [1.82, 2.24) is 4.98 Å². The van der Waals surface area contributed by atoms with Gasteiger partial charge in [0.2, 0.25) is 0 Å². The molecule has 2 aromatic heterocycles. The van der Waals surface area contributed by atoms with E-state index in [1.807, 2.05) is 50.4 Å². The number of aromatic nitrogens is 1. The van der Waals surface area contributed by atoms with Gasteiger partial charge in [-0.25, -0.2) is 0 Å². The van der Waals surface area contributed by atoms with Crippen LogP contribution < -0.4 is 0 Å². The highest BCUT2D eigenvalue weighted by molar-refractivity contribution is 5.78. The Morgan fingerprint density at radius 3 is 2.19 bits per heavy atom. The van der Waals surface area contributed by atoms with Crippen molar-refractivity contribution in [3.8, 4) is 11.3 Å². The first-order valence-corrected chi connectivity index (χ1v) is 9.59. The molecular weight excluding hydrogens is 330 g/mol. The van der Waals surface area contributed by atoms with Crippen molar-refractivity contribution in [3.63, 3.8) is 0 Å². The van der Waals surface area contributed by atoms with Crippen LogP contribution in [0, 0.1) is 6.92 Å². The third kappa shape index (κ3) is 5.82. The van der Waals surface area contributed by atoms with Crippen LogP contribution in [-0.4, -0.2) is 4.98 Å². The molecule has 0 spiro atoms. The summed E-state index contributed by atoms with van der Waals surface area (Å²) in [6.45, 7) is 10.4. The van der Waals surface area contributed by atoms with Gasteiger partial charge in [-0.3, -0.25) is 4.98 Å². The summed E-state index contributed by atoms with van der Waals surface area (Å²) in [5, 5.41) is 1.22. The second kappa shape index (κ2) is 10.3. The second-order valence-electron chi connectivity index (χ2n) is 6.46. The quantitative estimate of drug-likeness (QED) is 0.367.